The normalized spacial score (nSPS) is 13.8. The number of hydrogen-bond donors (Lipinski definition) is 3. The Bertz CT molecular complexity index is 415. The van der Waals surface area contributed by atoms with E-state index in [0.717, 1.165) is 11.1 Å². The molecule has 1 amide bonds. The molecule has 0 atom stereocenters. The summed E-state index contributed by atoms with van der Waals surface area (Å²) in [6, 6.07) is 4.74. The molecule has 0 bridgehead atoms. The van der Waals surface area contributed by atoms with Crippen LogP contribution in [0.2, 0.25) is 0 Å². The first-order valence-electron chi connectivity index (χ1n) is 5.46. The van der Waals surface area contributed by atoms with E-state index in [1.165, 1.54) is 0 Å². The van der Waals surface area contributed by atoms with E-state index in [4.69, 9.17) is 14.9 Å². The lowest BCUT2D eigenvalue weighted by Crippen LogP contribution is -2.40. The van der Waals surface area contributed by atoms with E-state index < -0.39 is 6.04 Å². The minimum Gasteiger partial charge on any atom is -0.394 e. The molecule has 1 aliphatic heterocycles. The topological polar surface area (TPSA) is 78.8 Å². The maximum Gasteiger partial charge on any atom is 0.251 e. The first kappa shape index (κ1) is 12.0. The number of fused-ring (bicyclic) bond motifs is 1. The van der Waals surface area contributed by atoms with Crippen LogP contribution in [0.5, 0.6) is 0 Å². The summed E-state index contributed by atoms with van der Waals surface area (Å²) < 4.78 is 5.26. The van der Waals surface area contributed by atoms with E-state index in [1.54, 1.807) is 12.1 Å². The number of aliphatic hydroxyl groups excluding tert-OH is 2. The van der Waals surface area contributed by atoms with E-state index in [1.807, 2.05) is 6.07 Å². The molecule has 1 aromatic carbocycles. The van der Waals surface area contributed by atoms with Crippen molar-refractivity contribution in [3.05, 3.63) is 34.9 Å². The highest BCUT2D eigenvalue weighted by atomic mass is 16.5. The van der Waals surface area contributed by atoms with Gasteiger partial charge in [0.15, 0.2) is 0 Å². The maximum absolute atomic E-state index is 11.8. The smallest absolute Gasteiger partial charge is 0.251 e. The Morgan fingerprint density at radius 3 is 2.71 bits per heavy atom. The highest BCUT2D eigenvalue weighted by Gasteiger charge is 2.16. The van der Waals surface area contributed by atoms with Gasteiger partial charge >= 0.3 is 0 Å². The van der Waals surface area contributed by atoms with Crippen LogP contribution in [-0.2, 0) is 18.0 Å². The lowest BCUT2D eigenvalue weighted by Gasteiger charge is -2.13. The second-order valence-corrected chi connectivity index (χ2v) is 4.01. The average molecular weight is 237 g/mol. The summed E-state index contributed by atoms with van der Waals surface area (Å²) in [7, 11) is 0. The van der Waals surface area contributed by atoms with Gasteiger partial charge in [0.05, 0.1) is 32.5 Å². The molecule has 0 unspecified atom stereocenters. The Labute approximate surface area is 99.0 Å². The molecular formula is C12H15NO4. The quantitative estimate of drug-likeness (QED) is 0.677. The Balaban J connectivity index is 2.09. The van der Waals surface area contributed by atoms with Crippen LogP contribution < -0.4 is 5.32 Å². The number of carbonyl (C=O) groups is 1. The molecular weight excluding hydrogens is 222 g/mol. The van der Waals surface area contributed by atoms with Crippen molar-refractivity contribution in [2.75, 3.05) is 13.2 Å². The molecule has 0 spiro atoms. The van der Waals surface area contributed by atoms with E-state index in [9.17, 15) is 4.79 Å². The summed E-state index contributed by atoms with van der Waals surface area (Å²) in [5, 5.41) is 20.3. The fraction of sp³-hybridized carbons (Fsp3) is 0.417. The van der Waals surface area contributed by atoms with Gasteiger partial charge in [0, 0.05) is 5.56 Å². The molecule has 17 heavy (non-hydrogen) atoms. The van der Waals surface area contributed by atoms with Crippen molar-refractivity contribution in [1.82, 2.24) is 5.32 Å². The van der Waals surface area contributed by atoms with E-state index in [0.29, 0.717) is 18.8 Å². The molecule has 2 rings (SSSR count). The molecule has 0 saturated carbocycles. The molecule has 0 radical (unpaired) electrons. The minimum atomic E-state index is -0.619. The lowest BCUT2D eigenvalue weighted by atomic mass is 10.1. The number of carbonyl (C=O) groups excluding carboxylic acids is 1. The molecule has 1 aliphatic rings. The molecule has 3 N–H and O–H groups in total. The highest BCUT2D eigenvalue weighted by Crippen LogP contribution is 2.20. The molecule has 5 heteroatoms. The zero-order valence-corrected chi connectivity index (χ0v) is 9.35. The third-order valence-electron chi connectivity index (χ3n) is 2.76. The Morgan fingerprint density at radius 2 is 2.00 bits per heavy atom. The van der Waals surface area contributed by atoms with Gasteiger partial charge in [-0.15, -0.1) is 0 Å². The van der Waals surface area contributed by atoms with Gasteiger partial charge in [0.1, 0.15) is 0 Å². The summed E-state index contributed by atoms with van der Waals surface area (Å²) >= 11 is 0. The van der Waals surface area contributed by atoms with Crippen molar-refractivity contribution in [3.63, 3.8) is 0 Å². The number of nitrogens with one attached hydrogen (secondary N) is 1. The van der Waals surface area contributed by atoms with Crippen LogP contribution in [0.15, 0.2) is 18.2 Å². The number of aliphatic hydroxyl groups is 2. The zero-order valence-electron chi connectivity index (χ0n) is 9.35. The summed E-state index contributed by atoms with van der Waals surface area (Å²) in [5.41, 5.74) is 2.63. The van der Waals surface area contributed by atoms with Crippen molar-refractivity contribution in [3.8, 4) is 0 Å². The molecule has 0 aliphatic carbocycles. The summed E-state index contributed by atoms with van der Waals surface area (Å²) in [4.78, 5) is 11.8. The third kappa shape index (κ3) is 2.63. The fourth-order valence-electron chi connectivity index (χ4n) is 1.73. The van der Waals surface area contributed by atoms with Gasteiger partial charge in [-0.2, -0.15) is 0 Å². The summed E-state index contributed by atoms with van der Waals surface area (Å²) in [5.74, 6) is -0.298. The second-order valence-electron chi connectivity index (χ2n) is 4.01. The SMILES string of the molecule is O=C(NC(CO)CO)c1ccc2c(c1)COC2. The van der Waals surface area contributed by atoms with Crippen LogP contribution in [0, 0.1) is 0 Å². The van der Waals surface area contributed by atoms with Crippen molar-refractivity contribution >= 4 is 5.91 Å². The number of amides is 1. The second kappa shape index (κ2) is 5.27. The minimum absolute atomic E-state index is 0.281. The molecule has 92 valence electrons. The molecule has 0 aromatic heterocycles. The first-order valence-corrected chi connectivity index (χ1v) is 5.46. The van der Waals surface area contributed by atoms with E-state index in [-0.39, 0.29) is 19.1 Å². The van der Waals surface area contributed by atoms with Gasteiger partial charge in [-0.1, -0.05) is 6.07 Å². The van der Waals surface area contributed by atoms with Crippen LogP contribution in [0.3, 0.4) is 0 Å². The third-order valence-corrected chi connectivity index (χ3v) is 2.76. The van der Waals surface area contributed by atoms with E-state index >= 15 is 0 Å². The van der Waals surface area contributed by atoms with Crippen molar-refractivity contribution in [2.45, 2.75) is 19.3 Å². The van der Waals surface area contributed by atoms with E-state index in [2.05, 4.69) is 5.32 Å². The van der Waals surface area contributed by atoms with Crippen LogP contribution in [0.25, 0.3) is 0 Å². The lowest BCUT2D eigenvalue weighted by molar-refractivity contribution is 0.0879. The molecule has 0 fully saturated rings. The average Bonchev–Trinajstić information content (AvgIpc) is 2.82. The summed E-state index contributed by atoms with van der Waals surface area (Å²) in [6.07, 6.45) is 0. The predicted octanol–water partition coefficient (Wildman–Crippen LogP) is -0.200. The van der Waals surface area contributed by atoms with Gasteiger partial charge in [0.25, 0.3) is 5.91 Å². The van der Waals surface area contributed by atoms with Gasteiger partial charge in [0.2, 0.25) is 0 Å². The van der Waals surface area contributed by atoms with Crippen LogP contribution in [0.1, 0.15) is 21.5 Å². The first-order chi connectivity index (χ1) is 8.24. The Morgan fingerprint density at radius 1 is 1.29 bits per heavy atom. The standard InChI is InChI=1S/C12H15NO4/c14-4-11(5-15)13-12(16)8-1-2-9-6-17-7-10(9)3-8/h1-3,11,14-15H,4-7H2,(H,13,16). The number of hydrogen-bond acceptors (Lipinski definition) is 4. The number of ether oxygens (including phenoxy) is 1. The molecule has 5 nitrogen and oxygen atoms in total. The van der Waals surface area contributed by atoms with Crippen molar-refractivity contribution in [1.29, 1.82) is 0 Å². The van der Waals surface area contributed by atoms with Crippen LogP contribution in [-0.4, -0.2) is 35.4 Å². The van der Waals surface area contributed by atoms with Crippen LogP contribution >= 0.6 is 0 Å². The van der Waals surface area contributed by atoms with Gasteiger partial charge in [-0.3, -0.25) is 4.79 Å². The number of rotatable bonds is 4. The molecule has 1 heterocycles. The maximum atomic E-state index is 11.8. The molecule has 1 aromatic rings. The van der Waals surface area contributed by atoms with Crippen LogP contribution in [0.4, 0.5) is 0 Å². The largest absolute Gasteiger partial charge is 0.394 e. The van der Waals surface area contributed by atoms with Crippen molar-refractivity contribution in [2.24, 2.45) is 0 Å². The number of benzene rings is 1. The Kier molecular flexibility index (Phi) is 3.73. The Hall–Kier alpha value is -1.43. The van der Waals surface area contributed by atoms with Gasteiger partial charge < -0.3 is 20.3 Å². The van der Waals surface area contributed by atoms with Gasteiger partial charge in [-0.05, 0) is 23.3 Å². The fourth-order valence-corrected chi connectivity index (χ4v) is 1.73. The molecule has 0 saturated heterocycles. The van der Waals surface area contributed by atoms with Gasteiger partial charge in [-0.25, -0.2) is 0 Å². The monoisotopic (exact) mass is 237 g/mol. The van der Waals surface area contributed by atoms with Crippen molar-refractivity contribution < 1.29 is 19.7 Å². The summed E-state index contributed by atoms with van der Waals surface area (Å²) in [6.45, 7) is 0.555. The zero-order chi connectivity index (χ0) is 12.3. The highest BCUT2D eigenvalue weighted by molar-refractivity contribution is 5.94. The predicted molar refractivity (Wildman–Crippen MR) is 60.4 cm³/mol.